The van der Waals surface area contributed by atoms with Gasteiger partial charge < -0.3 is 15.2 Å². The lowest BCUT2D eigenvalue weighted by molar-refractivity contribution is -0.140. The molecule has 1 amide bonds. The Kier molecular flexibility index (Phi) is 4.91. The number of carbonyl (C=O) groups excluding carboxylic acids is 1. The van der Waals surface area contributed by atoms with E-state index in [-0.39, 0.29) is 11.6 Å². The van der Waals surface area contributed by atoms with Gasteiger partial charge in [0.1, 0.15) is 6.04 Å². The van der Waals surface area contributed by atoms with Gasteiger partial charge in [-0.1, -0.05) is 20.3 Å². The number of methoxy groups -OCH3 is 1. The number of rotatable bonds is 6. The predicted molar refractivity (Wildman–Crippen MR) is 68.1 cm³/mol. The van der Waals surface area contributed by atoms with Crippen LogP contribution >= 0.6 is 0 Å². The van der Waals surface area contributed by atoms with Crippen LogP contribution in [-0.4, -0.2) is 39.9 Å². The van der Waals surface area contributed by atoms with Crippen molar-refractivity contribution in [3.05, 3.63) is 11.8 Å². The zero-order valence-electron chi connectivity index (χ0n) is 11.5. The Morgan fingerprint density at radius 1 is 1.58 bits per heavy atom. The molecule has 0 aliphatic carbocycles. The Bertz CT molecular complexity index is 470. The number of amides is 1. The van der Waals surface area contributed by atoms with E-state index >= 15 is 0 Å². The molecule has 0 saturated heterocycles. The van der Waals surface area contributed by atoms with Gasteiger partial charge >= 0.3 is 5.97 Å². The van der Waals surface area contributed by atoms with Crippen LogP contribution in [0.2, 0.25) is 0 Å². The molecule has 0 aliphatic heterocycles. The fraction of sp³-hybridized carbons (Fsp3) is 0.583. The van der Waals surface area contributed by atoms with E-state index in [0.29, 0.717) is 12.3 Å². The summed E-state index contributed by atoms with van der Waals surface area (Å²) in [5, 5.41) is 15.6. The summed E-state index contributed by atoms with van der Waals surface area (Å²) in [5.41, 5.74) is 0.133. The zero-order valence-corrected chi connectivity index (χ0v) is 11.5. The van der Waals surface area contributed by atoms with Gasteiger partial charge in [0.2, 0.25) is 5.88 Å². The van der Waals surface area contributed by atoms with Crippen LogP contribution in [0.3, 0.4) is 0 Å². The standard InChI is InChI=1S/C12H19N3O4/c1-5-7(2)10(12(17)18)13-11(16)8-6-9(19-4)15(3)14-8/h6-7,10H,5H2,1-4H3,(H,13,16)(H,17,18)/t7?,10-/m0/s1. The Labute approximate surface area is 111 Å². The van der Waals surface area contributed by atoms with Crippen molar-refractivity contribution in [2.45, 2.75) is 26.3 Å². The predicted octanol–water partition coefficient (Wildman–Crippen LogP) is 0.658. The maximum absolute atomic E-state index is 12.0. The summed E-state index contributed by atoms with van der Waals surface area (Å²) in [6.07, 6.45) is 0.656. The van der Waals surface area contributed by atoms with E-state index in [2.05, 4.69) is 10.4 Å². The third-order valence-electron chi connectivity index (χ3n) is 3.04. The highest BCUT2D eigenvalue weighted by molar-refractivity contribution is 5.95. The normalized spacial score (nSPS) is 13.7. The number of hydrogen-bond acceptors (Lipinski definition) is 4. The highest BCUT2D eigenvalue weighted by Crippen LogP contribution is 2.13. The Hall–Kier alpha value is -2.05. The summed E-state index contributed by atoms with van der Waals surface area (Å²) in [6.45, 7) is 3.65. The van der Waals surface area contributed by atoms with Crippen LogP contribution in [0.25, 0.3) is 0 Å². The maximum Gasteiger partial charge on any atom is 0.326 e. The van der Waals surface area contributed by atoms with Gasteiger partial charge in [-0.2, -0.15) is 5.10 Å². The molecule has 106 valence electrons. The third kappa shape index (κ3) is 3.46. The van der Waals surface area contributed by atoms with Crippen molar-refractivity contribution in [3.63, 3.8) is 0 Å². The first-order chi connectivity index (χ1) is 8.90. The number of carboxylic acid groups (broad SMARTS) is 1. The van der Waals surface area contributed by atoms with Crippen LogP contribution in [0.4, 0.5) is 0 Å². The molecule has 0 aliphatic rings. The largest absolute Gasteiger partial charge is 0.481 e. The quantitative estimate of drug-likeness (QED) is 0.791. The molecule has 0 fully saturated rings. The molecule has 0 bridgehead atoms. The number of carbonyl (C=O) groups is 2. The number of carboxylic acids is 1. The Balaban J connectivity index is 2.84. The Morgan fingerprint density at radius 3 is 2.63 bits per heavy atom. The molecule has 2 N–H and O–H groups in total. The van der Waals surface area contributed by atoms with Crippen molar-refractivity contribution in [1.82, 2.24) is 15.1 Å². The maximum atomic E-state index is 12.0. The van der Waals surface area contributed by atoms with E-state index in [4.69, 9.17) is 9.84 Å². The van der Waals surface area contributed by atoms with Crippen molar-refractivity contribution in [2.75, 3.05) is 7.11 Å². The van der Waals surface area contributed by atoms with Gasteiger partial charge in [0.15, 0.2) is 5.69 Å². The molecule has 19 heavy (non-hydrogen) atoms. The molecule has 0 aromatic carbocycles. The number of nitrogens with one attached hydrogen (secondary N) is 1. The van der Waals surface area contributed by atoms with E-state index < -0.39 is 17.9 Å². The number of aryl methyl sites for hydroxylation is 1. The van der Waals surface area contributed by atoms with E-state index in [1.54, 1.807) is 14.0 Å². The van der Waals surface area contributed by atoms with Crippen LogP contribution in [0.1, 0.15) is 30.8 Å². The van der Waals surface area contributed by atoms with Gasteiger partial charge in [-0.25, -0.2) is 9.48 Å². The second-order valence-corrected chi connectivity index (χ2v) is 4.37. The highest BCUT2D eigenvalue weighted by Gasteiger charge is 2.26. The summed E-state index contributed by atoms with van der Waals surface area (Å²) in [7, 11) is 3.11. The number of ether oxygens (including phenoxy) is 1. The van der Waals surface area contributed by atoms with Gasteiger partial charge in [-0.3, -0.25) is 4.79 Å². The molecule has 1 unspecified atom stereocenters. The van der Waals surface area contributed by atoms with E-state index in [1.807, 2.05) is 6.92 Å². The van der Waals surface area contributed by atoms with Crippen molar-refractivity contribution in [2.24, 2.45) is 13.0 Å². The van der Waals surface area contributed by atoms with Gasteiger partial charge in [-0.15, -0.1) is 0 Å². The first-order valence-electron chi connectivity index (χ1n) is 6.02. The third-order valence-corrected chi connectivity index (χ3v) is 3.04. The molecular weight excluding hydrogens is 250 g/mol. The smallest absolute Gasteiger partial charge is 0.326 e. The van der Waals surface area contributed by atoms with E-state index in [1.165, 1.54) is 17.9 Å². The minimum absolute atomic E-state index is 0.133. The topological polar surface area (TPSA) is 93.5 Å². The van der Waals surface area contributed by atoms with Crippen molar-refractivity contribution < 1.29 is 19.4 Å². The number of aromatic nitrogens is 2. The summed E-state index contributed by atoms with van der Waals surface area (Å²) in [6, 6.07) is 0.538. The lowest BCUT2D eigenvalue weighted by atomic mass is 9.99. The average molecular weight is 269 g/mol. The van der Waals surface area contributed by atoms with Crippen LogP contribution in [0, 0.1) is 5.92 Å². The van der Waals surface area contributed by atoms with E-state index in [9.17, 15) is 9.59 Å². The second-order valence-electron chi connectivity index (χ2n) is 4.37. The molecule has 0 saturated carbocycles. The molecule has 1 heterocycles. The second kappa shape index (κ2) is 6.21. The first kappa shape index (κ1) is 15.0. The lowest BCUT2D eigenvalue weighted by Gasteiger charge is -2.19. The summed E-state index contributed by atoms with van der Waals surface area (Å²) >= 11 is 0. The number of aliphatic carboxylic acids is 1. The van der Waals surface area contributed by atoms with Gasteiger partial charge in [-0.05, 0) is 5.92 Å². The molecule has 7 heteroatoms. The molecule has 0 spiro atoms. The first-order valence-corrected chi connectivity index (χ1v) is 6.02. The molecule has 7 nitrogen and oxygen atoms in total. The van der Waals surface area contributed by atoms with Crippen molar-refractivity contribution in [1.29, 1.82) is 0 Å². The van der Waals surface area contributed by atoms with Gasteiger partial charge in [0, 0.05) is 13.1 Å². The molecule has 2 atom stereocenters. The molecule has 1 aromatic heterocycles. The average Bonchev–Trinajstić information content (AvgIpc) is 2.75. The van der Waals surface area contributed by atoms with Gasteiger partial charge in [0.05, 0.1) is 7.11 Å². The summed E-state index contributed by atoms with van der Waals surface area (Å²) in [5.74, 6) is -1.30. The Morgan fingerprint density at radius 2 is 2.21 bits per heavy atom. The molecular formula is C12H19N3O4. The van der Waals surface area contributed by atoms with Gasteiger partial charge in [0.25, 0.3) is 5.91 Å². The fourth-order valence-corrected chi connectivity index (χ4v) is 1.65. The fourth-order valence-electron chi connectivity index (χ4n) is 1.65. The molecule has 1 aromatic rings. The SMILES string of the molecule is CCC(C)[C@H](NC(=O)c1cc(OC)n(C)n1)C(=O)O. The minimum atomic E-state index is -1.05. The zero-order chi connectivity index (χ0) is 14.6. The lowest BCUT2D eigenvalue weighted by Crippen LogP contribution is -2.45. The molecule has 0 radical (unpaired) electrons. The van der Waals surface area contributed by atoms with E-state index in [0.717, 1.165) is 0 Å². The monoisotopic (exact) mass is 269 g/mol. The van der Waals surface area contributed by atoms with Crippen LogP contribution in [-0.2, 0) is 11.8 Å². The minimum Gasteiger partial charge on any atom is -0.481 e. The van der Waals surface area contributed by atoms with Crippen molar-refractivity contribution >= 4 is 11.9 Å². The van der Waals surface area contributed by atoms with Crippen molar-refractivity contribution in [3.8, 4) is 5.88 Å². The molecule has 1 rings (SSSR count). The van der Waals surface area contributed by atoms with Crippen LogP contribution in [0.15, 0.2) is 6.07 Å². The summed E-state index contributed by atoms with van der Waals surface area (Å²) in [4.78, 5) is 23.1. The number of hydrogen-bond donors (Lipinski definition) is 2. The van der Waals surface area contributed by atoms with Crippen LogP contribution in [0.5, 0.6) is 5.88 Å². The number of nitrogens with zero attached hydrogens (tertiary/aromatic N) is 2. The highest BCUT2D eigenvalue weighted by atomic mass is 16.5. The summed E-state index contributed by atoms with van der Waals surface area (Å²) < 4.78 is 6.41. The van der Waals surface area contributed by atoms with Crippen LogP contribution < -0.4 is 10.1 Å².